The highest BCUT2D eigenvalue weighted by Gasteiger charge is 2.26. The van der Waals surface area contributed by atoms with Gasteiger partial charge in [-0.15, -0.1) is 0 Å². The van der Waals surface area contributed by atoms with Crippen LogP contribution in [0.4, 0.5) is 27.8 Å². The van der Waals surface area contributed by atoms with Gasteiger partial charge in [0, 0.05) is 43.1 Å². The van der Waals surface area contributed by atoms with Crippen molar-refractivity contribution in [2.24, 2.45) is 0 Å². The number of carbonyl (C=O) groups excluding carboxylic acids is 2. The summed E-state index contributed by atoms with van der Waals surface area (Å²) in [6.07, 6.45) is 0.852. The number of benzene rings is 2. The largest absolute Gasteiger partial charge is 0.341 e. The van der Waals surface area contributed by atoms with Crippen LogP contribution in [0.15, 0.2) is 54.6 Å². The number of amides is 3. The molecule has 2 N–H and O–H groups in total. The second kappa shape index (κ2) is 7.22. The standard InChI is InChI=1S/C22H22N6O2/c1-26-10-9-15-13-17(7-8-18(15)21(26)29)27-11-12-28-20(27)14-19(25-28)24-22(30)23-16-5-3-2-4-6-16/h2-8,13-14H,9-12H2,1H3,(H2,23,24,25,30). The number of urea groups is 1. The van der Waals surface area contributed by atoms with Gasteiger partial charge in [0.25, 0.3) is 5.91 Å². The maximum atomic E-state index is 12.3. The Kier molecular flexibility index (Phi) is 4.39. The normalized spacial score (nSPS) is 15.0. The number of fused-ring (bicyclic) bond motifs is 2. The van der Waals surface area contributed by atoms with Crippen LogP contribution in [0.25, 0.3) is 0 Å². The lowest BCUT2D eigenvalue weighted by Gasteiger charge is -2.26. The molecule has 0 aliphatic carbocycles. The molecule has 3 heterocycles. The van der Waals surface area contributed by atoms with Gasteiger partial charge in [-0.3, -0.25) is 10.1 Å². The van der Waals surface area contributed by atoms with E-state index in [1.54, 1.807) is 4.90 Å². The molecule has 1 aromatic heterocycles. The number of para-hydroxylation sites is 1. The molecule has 0 spiro atoms. The maximum absolute atomic E-state index is 12.3. The number of aromatic nitrogens is 2. The Morgan fingerprint density at radius 3 is 2.67 bits per heavy atom. The number of carbonyl (C=O) groups is 2. The summed E-state index contributed by atoms with van der Waals surface area (Å²) in [5.41, 5.74) is 3.61. The summed E-state index contributed by atoms with van der Waals surface area (Å²) in [5.74, 6) is 1.49. The lowest BCUT2D eigenvalue weighted by atomic mass is 9.98. The Morgan fingerprint density at radius 2 is 1.83 bits per heavy atom. The fourth-order valence-corrected chi connectivity index (χ4v) is 3.98. The zero-order valence-corrected chi connectivity index (χ0v) is 16.6. The summed E-state index contributed by atoms with van der Waals surface area (Å²) in [4.78, 5) is 28.5. The molecule has 8 heteroatoms. The first-order valence-corrected chi connectivity index (χ1v) is 9.95. The SMILES string of the molecule is CN1CCc2cc(N3CCn4nc(NC(=O)Nc5ccccc5)cc43)ccc2C1=O. The quantitative estimate of drug-likeness (QED) is 0.704. The van der Waals surface area contributed by atoms with Gasteiger partial charge in [-0.2, -0.15) is 5.10 Å². The molecule has 30 heavy (non-hydrogen) atoms. The minimum atomic E-state index is -0.332. The lowest BCUT2D eigenvalue weighted by molar-refractivity contribution is 0.0781. The fourth-order valence-electron chi connectivity index (χ4n) is 3.98. The molecule has 3 aromatic rings. The Balaban J connectivity index is 1.34. The molecule has 0 radical (unpaired) electrons. The minimum absolute atomic E-state index is 0.0742. The second-order valence-electron chi connectivity index (χ2n) is 7.53. The van der Waals surface area contributed by atoms with Crippen LogP contribution in [0.5, 0.6) is 0 Å². The third-order valence-electron chi connectivity index (χ3n) is 5.54. The number of nitrogens with one attached hydrogen (secondary N) is 2. The maximum Gasteiger partial charge on any atom is 0.324 e. The summed E-state index contributed by atoms with van der Waals surface area (Å²) in [6, 6.07) is 16.8. The van der Waals surface area contributed by atoms with Crippen LogP contribution in [0.2, 0.25) is 0 Å². The zero-order chi connectivity index (χ0) is 20.7. The Morgan fingerprint density at radius 1 is 1.00 bits per heavy atom. The van der Waals surface area contributed by atoms with Crippen LogP contribution in [-0.4, -0.2) is 46.8 Å². The fraction of sp³-hybridized carbons (Fsp3) is 0.227. The van der Waals surface area contributed by atoms with Crippen LogP contribution in [-0.2, 0) is 13.0 Å². The zero-order valence-electron chi connectivity index (χ0n) is 16.6. The molecule has 0 atom stereocenters. The van der Waals surface area contributed by atoms with Crippen molar-refractivity contribution in [1.29, 1.82) is 0 Å². The van der Waals surface area contributed by atoms with E-state index in [0.717, 1.165) is 54.4 Å². The van der Waals surface area contributed by atoms with Crippen LogP contribution < -0.4 is 15.5 Å². The van der Waals surface area contributed by atoms with Crippen molar-refractivity contribution in [3.05, 3.63) is 65.7 Å². The van der Waals surface area contributed by atoms with E-state index >= 15 is 0 Å². The summed E-state index contributed by atoms with van der Waals surface area (Å²) in [6.45, 7) is 2.26. The van der Waals surface area contributed by atoms with Crippen molar-refractivity contribution in [3.8, 4) is 0 Å². The van der Waals surface area contributed by atoms with Gasteiger partial charge in [0.2, 0.25) is 0 Å². The summed E-state index contributed by atoms with van der Waals surface area (Å²) < 4.78 is 1.89. The average molecular weight is 402 g/mol. The van der Waals surface area contributed by atoms with E-state index in [-0.39, 0.29) is 11.9 Å². The van der Waals surface area contributed by atoms with E-state index in [2.05, 4.69) is 26.7 Å². The summed E-state index contributed by atoms with van der Waals surface area (Å²) in [5, 5.41) is 10.1. The van der Waals surface area contributed by atoms with Gasteiger partial charge in [0.05, 0.1) is 6.54 Å². The molecule has 0 fully saturated rings. The van der Waals surface area contributed by atoms with Gasteiger partial charge >= 0.3 is 6.03 Å². The van der Waals surface area contributed by atoms with E-state index in [1.165, 1.54) is 0 Å². The number of rotatable bonds is 3. The number of anilines is 4. The predicted molar refractivity (Wildman–Crippen MR) is 115 cm³/mol. The first-order chi connectivity index (χ1) is 14.6. The lowest BCUT2D eigenvalue weighted by Crippen LogP contribution is -2.34. The number of nitrogens with zero attached hydrogens (tertiary/aromatic N) is 4. The van der Waals surface area contributed by atoms with Gasteiger partial charge in [-0.05, 0) is 42.3 Å². The predicted octanol–water partition coefficient (Wildman–Crippen LogP) is 3.31. The first-order valence-electron chi connectivity index (χ1n) is 9.95. The molecule has 8 nitrogen and oxygen atoms in total. The molecule has 2 aliphatic heterocycles. The molecule has 5 rings (SSSR count). The van der Waals surface area contributed by atoms with Gasteiger partial charge in [0.1, 0.15) is 5.82 Å². The molecular formula is C22H22N6O2. The molecule has 0 saturated heterocycles. The first kappa shape index (κ1) is 18.2. The highest BCUT2D eigenvalue weighted by molar-refractivity contribution is 5.99. The molecule has 3 amide bonds. The minimum Gasteiger partial charge on any atom is -0.341 e. The summed E-state index contributed by atoms with van der Waals surface area (Å²) >= 11 is 0. The summed E-state index contributed by atoms with van der Waals surface area (Å²) in [7, 11) is 1.83. The Labute approximate surface area is 174 Å². The van der Waals surface area contributed by atoms with Crippen LogP contribution in [0, 0.1) is 0 Å². The molecular weight excluding hydrogens is 380 g/mol. The molecule has 0 saturated carbocycles. The molecule has 2 aliphatic rings. The van der Waals surface area contributed by atoms with Gasteiger partial charge in [-0.1, -0.05) is 18.2 Å². The van der Waals surface area contributed by atoms with Crippen LogP contribution >= 0.6 is 0 Å². The number of likely N-dealkylation sites (N-methyl/N-ethyl adjacent to an activating group) is 1. The van der Waals surface area contributed by atoms with Crippen molar-refractivity contribution >= 4 is 34.9 Å². The van der Waals surface area contributed by atoms with Crippen molar-refractivity contribution in [2.75, 3.05) is 35.7 Å². The topological polar surface area (TPSA) is 82.5 Å². The molecule has 0 unspecified atom stereocenters. The average Bonchev–Trinajstić information content (AvgIpc) is 3.31. The van der Waals surface area contributed by atoms with E-state index in [0.29, 0.717) is 5.82 Å². The third kappa shape index (κ3) is 3.26. The van der Waals surface area contributed by atoms with Crippen molar-refractivity contribution in [2.45, 2.75) is 13.0 Å². The Hall–Kier alpha value is -3.81. The van der Waals surface area contributed by atoms with Crippen molar-refractivity contribution < 1.29 is 9.59 Å². The van der Waals surface area contributed by atoms with Crippen molar-refractivity contribution in [1.82, 2.24) is 14.7 Å². The second-order valence-corrected chi connectivity index (χ2v) is 7.53. The van der Waals surface area contributed by atoms with E-state index in [1.807, 2.05) is 60.3 Å². The van der Waals surface area contributed by atoms with Crippen LogP contribution in [0.3, 0.4) is 0 Å². The Bertz CT molecular complexity index is 1120. The third-order valence-corrected chi connectivity index (χ3v) is 5.54. The smallest absolute Gasteiger partial charge is 0.324 e. The van der Waals surface area contributed by atoms with Gasteiger partial charge in [-0.25, -0.2) is 9.48 Å². The molecule has 2 aromatic carbocycles. The van der Waals surface area contributed by atoms with E-state index in [4.69, 9.17) is 0 Å². The highest BCUT2D eigenvalue weighted by atomic mass is 16.2. The van der Waals surface area contributed by atoms with Gasteiger partial charge in [0.15, 0.2) is 5.82 Å². The molecule has 0 bridgehead atoms. The number of hydrogen-bond acceptors (Lipinski definition) is 4. The van der Waals surface area contributed by atoms with E-state index in [9.17, 15) is 9.59 Å². The number of hydrogen-bond donors (Lipinski definition) is 2. The van der Waals surface area contributed by atoms with E-state index < -0.39 is 0 Å². The monoisotopic (exact) mass is 402 g/mol. The highest BCUT2D eigenvalue weighted by Crippen LogP contribution is 2.34. The van der Waals surface area contributed by atoms with Crippen molar-refractivity contribution in [3.63, 3.8) is 0 Å². The van der Waals surface area contributed by atoms with Gasteiger partial charge < -0.3 is 15.1 Å². The van der Waals surface area contributed by atoms with Crippen LogP contribution in [0.1, 0.15) is 15.9 Å². The molecule has 152 valence electrons.